The third-order valence-electron chi connectivity index (χ3n) is 1.56. The Morgan fingerprint density at radius 1 is 1.46 bits per heavy atom. The van der Waals surface area contributed by atoms with Crippen molar-refractivity contribution in [3.63, 3.8) is 0 Å². The first-order valence-electron chi connectivity index (χ1n) is 4.09. The number of aromatic nitrogens is 1. The van der Waals surface area contributed by atoms with E-state index < -0.39 is 0 Å². The van der Waals surface area contributed by atoms with Crippen molar-refractivity contribution >= 4 is 11.8 Å². The fourth-order valence-electron chi connectivity index (χ4n) is 0.818. The molecule has 0 aliphatic rings. The van der Waals surface area contributed by atoms with Crippen molar-refractivity contribution in [2.24, 2.45) is 0 Å². The molecule has 2 N–H and O–H groups in total. The summed E-state index contributed by atoms with van der Waals surface area (Å²) in [5.74, 6) is 0. The van der Waals surface area contributed by atoms with E-state index in [1.807, 2.05) is 19.1 Å². The predicted molar refractivity (Wildman–Crippen MR) is 52.6 cm³/mol. The summed E-state index contributed by atoms with van der Waals surface area (Å²) in [4.78, 5) is 4.13. The first-order chi connectivity index (χ1) is 6.26. The van der Waals surface area contributed by atoms with Gasteiger partial charge in [-0.1, -0.05) is 13.0 Å². The van der Waals surface area contributed by atoms with Gasteiger partial charge in [0, 0.05) is 11.4 Å². The van der Waals surface area contributed by atoms with Crippen LogP contribution in [0.25, 0.3) is 0 Å². The summed E-state index contributed by atoms with van der Waals surface area (Å²) in [6.07, 6.45) is 1.65. The van der Waals surface area contributed by atoms with Crippen LogP contribution in [-0.2, 0) is 6.61 Å². The second-order valence-corrected chi connectivity index (χ2v) is 4.23. The number of aliphatic hydroxyl groups is 2. The fraction of sp³-hybridized carbons (Fsp3) is 0.444. The van der Waals surface area contributed by atoms with Crippen LogP contribution in [-0.4, -0.2) is 27.1 Å². The molecule has 0 spiro atoms. The minimum Gasteiger partial charge on any atom is -0.395 e. The number of thioether (sulfide) groups is 1. The first-order valence-corrected chi connectivity index (χ1v) is 4.97. The molecule has 72 valence electrons. The molecule has 0 amide bonds. The number of hydrogen-bond acceptors (Lipinski definition) is 4. The van der Waals surface area contributed by atoms with Crippen LogP contribution < -0.4 is 0 Å². The summed E-state index contributed by atoms with van der Waals surface area (Å²) in [6.45, 7) is 2.11. The Morgan fingerprint density at radius 2 is 2.23 bits per heavy atom. The molecule has 1 heterocycles. The molecule has 0 aliphatic carbocycles. The smallest absolute Gasteiger partial charge is 0.0963 e. The monoisotopic (exact) mass is 199 g/mol. The summed E-state index contributed by atoms with van der Waals surface area (Å²) >= 11 is 1.52. The maximum atomic E-state index is 8.81. The standard InChI is InChI=1S/C9H13NO2S/c1-7(5-11)13-9-3-2-8(6-12)4-10-9/h2-4,7,11-12H,5-6H2,1H3. The van der Waals surface area contributed by atoms with Gasteiger partial charge in [-0.25, -0.2) is 4.98 Å². The Labute approximate surface area is 81.8 Å². The molecular weight excluding hydrogens is 186 g/mol. The molecule has 4 heteroatoms. The minimum absolute atomic E-state index is 0.0213. The molecule has 1 unspecified atom stereocenters. The second kappa shape index (κ2) is 5.21. The van der Waals surface area contributed by atoms with E-state index >= 15 is 0 Å². The maximum Gasteiger partial charge on any atom is 0.0963 e. The Bertz CT molecular complexity index is 250. The lowest BCUT2D eigenvalue weighted by Crippen LogP contribution is -2.02. The SMILES string of the molecule is CC(CO)Sc1ccc(CO)cn1. The molecule has 0 bridgehead atoms. The molecule has 0 radical (unpaired) electrons. The van der Waals surface area contributed by atoms with Crippen molar-refractivity contribution in [2.45, 2.75) is 23.8 Å². The van der Waals surface area contributed by atoms with E-state index in [2.05, 4.69) is 4.98 Å². The predicted octanol–water partition coefficient (Wildman–Crippen LogP) is 1.05. The van der Waals surface area contributed by atoms with Gasteiger partial charge in [-0.15, -0.1) is 11.8 Å². The molecule has 0 aliphatic heterocycles. The zero-order valence-electron chi connectivity index (χ0n) is 7.47. The minimum atomic E-state index is 0.0213. The van der Waals surface area contributed by atoms with Crippen LogP contribution in [0.5, 0.6) is 0 Å². The van der Waals surface area contributed by atoms with Crippen molar-refractivity contribution in [1.29, 1.82) is 0 Å². The van der Waals surface area contributed by atoms with Crippen LogP contribution in [0, 0.1) is 0 Å². The van der Waals surface area contributed by atoms with Gasteiger partial charge in [0.1, 0.15) is 0 Å². The van der Waals surface area contributed by atoms with Crippen LogP contribution in [0.1, 0.15) is 12.5 Å². The molecule has 0 saturated heterocycles. The highest BCUT2D eigenvalue weighted by molar-refractivity contribution is 7.99. The Hall–Kier alpha value is -0.580. The zero-order valence-corrected chi connectivity index (χ0v) is 8.29. The summed E-state index contributed by atoms with van der Waals surface area (Å²) in [5, 5.41) is 18.6. The molecule has 1 rings (SSSR count). The average molecular weight is 199 g/mol. The van der Waals surface area contributed by atoms with Gasteiger partial charge in [0.15, 0.2) is 0 Å². The molecule has 1 aromatic heterocycles. The van der Waals surface area contributed by atoms with Crippen LogP contribution >= 0.6 is 11.8 Å². The number of rotatable bonds is 4. The normalized spacial score (nSPS) is 12.8. The van der Waals surface area contributed by atoms with Gasteiger partial charge in [-0.2, -0.15) is 0 Å². The highest BCUT2D eigenvalue weighted by atomic mass is 32.2. The summed E-state index contributed by atoms with van der Waals surface area (Å²) in [7, 11) is 0. The number of aliphatic hydroxyl groups excluding tert-OH is 2. The van der Waals surface area contributed by atoms with Gasteiger partial charge in [-0.3, -0.25) is 0 Å². The highest BCUT2D eigenvalue weighted by Crippen LogP contribution is 2.20. The largest absolute Gasteiger partial charge is 0.395 e. The lowest BCUT2D eigenvalue weighted by molar-refractivity contribution is 0.281. The molecule has 13 heavy (non-hydrogen) atoms. The lowest BCUT2D eigenvalue weighted by Gasteiger charge is -2.06. The van der Waals surface area contributed by atoms with Gasteiger partial charge < -0.3 is 10.2 Å². The molecule has 0 fully saturated rings. The quantitative estimate of drug-likeness (QED) is 0.712. The average Bonchev–Trinajstić information content (AvgIpc) is 2.19. The zero-order chi connectivity index (χ0) is 9.68. The molecular formula is C9H13NO2S. The van der Waals surface area contributed by atoms with E-state index in [1.54, 1.807) is 6.20 Å². The van der Waals surface area contributed by atoms with E-state index in [0.29, 0.717) is 0 Å². The van der Waals surface area contributed by atoms with Crippen LogP contribution in [0.15, 0.2) is 23.4 Å². The molecule has 3 nitrogen and oxygen atoms in total. The van der Waals surface area contributed by atoms with E-state index in [1.165, 1.54) is 11.8 Å². The summed E-state index contributed by atoms with van der Waals surface area (Å²) in [5.41, 5.74) is 0.806. The number of hydrogen-bond donors (Lipinski definition) is 2. The fourth-order valence-corrected chi connectivity index (χ4v) is 1.56. The number of nitrogens with zero attached hydrogens (tertiary/aromatic N) is 1. The molecule has 0 aromatic carbocycles. The number of pyridine rings is 1. The topological polar surface area (TPSA) is 53.4 Å². The maximum absolute atomic E-state index is 8.81. The van der Waals surface area contributed by atoms with E-state index in [0.717, 1.165) is 10.6 Å². The van der Waals surface area contributed by atoms with Crippen molar-refractivity contribution in [2.75, 3.05) is 6.61 Å². The van der Waals surface area contributed by atoms with Crippen LogP contribution in [0.3, 0.4) is 0 Å². The molecule has 1 atom stereocenters. The van der Waals surface area contributed by atoms with Crippen molar-refractivity contribution in [3.05, 3.63) is 23.9 Å². The highest BCUT2D eigenvalue weighted by Gasteiger charge is 2.03. The van der Waals surface area contributed by atoms with Crippen LogP contribution in [0.2, 0.25) is 0 Å². The first kappa shape index (κ1) is 10.5. The van der Waals surface area contributed by atoms with Gasteiger partial charge >= 0.3 is 0 Å². The third kappa shape index (κ3) is 3.34. The van der Waals surface area contributed by atoms with E-state index in [9.17, 15) is 0 Å². The Balaban J connectivity index is 2.58. The van der Waals surface area contributed by atoms with Crippen molar-refractivity contribution < 1.29 is 10.2 Å². The summed E-state index contributed by atoms with van der Waals surface area (Å²) < 4.78 is 0. The van der Waals surface area contributed by atoms with Crippen molar-refractivity contribution in [3.8, 4) is 0 Å². The van der Waals surface area contributed by atoms with Crippen LogP contribution in [0.4, 0.5) is 0 Å². The lowest BCUT2D eigenvalue weighted by atomic mass is 10.3. The third-order valence-corrected chi connectivity index (χ3v) is 2.59. The molecule has 1 aromatic rings. The van der Waals surface area contributed by atoms with Gasteiger partial charge in [0.05, 0.1) is 18.2 Å². The van der Waals surface area contributed by atoms with Crippen molar-refractivity contribution in [1.82, 2.24) is 4.98 Å². The van der Waals surface area contributed by atoms with E-state index in [4.69, 9.17) is 10.2 Å². The second-order valence-electron chi connectivity index (χ2n) is 2.77. The summed E-state index contributed by atoms with van der Waals surface area (Å²) in [6, 6.07) is 3.68. The Kier molecular flexibility index (Phi) is 4.21. The van der Waals surface area contributed by atoms with Gasteiger partial charge in [-0.05, 0) is 11.6 Å². The Morgan fingerprint density at radius 3 is 2.69 bits per heavy atom. The van der Waals surface area contributed by atoms with Gasteiger partial charge in [0.2, 0.25) is 0 Å². The van der Waals surface area contributed by atoms with Gasteiger partial charge in [0.25, 0.3) is 0 Å². The van der Waals surface area contributed by atoms with E-state index in [-0.39, 0.29) is 18.5 Å². The molecule has 0 saturated carbocycles.